The van der Waals surface area contributed by atoms with Crippen molar-refractivity contribution >= 4 is 45.1 Å². The highest BCUT2D eigenvalue weighted by molar-refractivity contribution is 8.16. The maximum absolute atomic E-state index is 12.9. The van der Waals surface area contributed by atoms with Gasteiger partial charge in [0, 0.05) is 11.1 Å². The molecule has 0 bridgehead atoms. The van der Waals surface area contributed by atoms with E-state index in [4.69, 9.17) is 4.74 Å². The van der Waals surface area contributed by atoms with Gasteiger partial charge in [0.1, 0.15) is 5.75 Å². The second kappa shape index (κ2) is 6.72. The molecule has 0 aliphatic carbocycles. The summed E-state index contributed by atoms with van der Waals surface area (Å²) in [5.74, 6) is 0.460. The van der Waals surface area contributed by atoms with Crippen molar-refractivity contribution in [1.82, 2.24) is 0 Å². The van der Waals surface area contributed by atoms with Gasteiger partial charge in [-0.2, -0.15) is 0 Å². The number of nitrogens with zero attached hydrogens (tertiary/aromatic N) is 1. The number of amides is 2. The van der Waals surface area contributed by atoms with E-state index in [1.807, 2.05) is 48.5 Å². The molecule has 0 spiro atoms. The van der Waals surface area contributed by atoms with Gasteiger partial charge in [-0.3, -0.25) is 9.59 Å². The first-order valence-corrected chi connectivity index (χ1v) is 8.98. The number of fused-ring (bicyclic) bond motifs is 1. The standard InChI is InChI=1S/C20H16N2O3S/c1-25-15-11-9-14(10-12-15)21-18-19(23)22(20(24)26-18)17-8-4-6-13-5-2-3-7-16(13)17/h2-12,18,21H,1H3. The van der Waals surface area contributed by atoms with E-state index in [-0.39, 0.29) is 11.1 Å². The highest BCUT2D eigenvalue weighted by Gasteiger charge is 2.41. The fraction of sp³-hybridized carbons (Fsp3) is 0.100. The van der Waals surface area contributed by atoms with Crippen LogP contribution < -0.4 is 15.0 Å². The number of imide groups is 1. The molecular weight excluding hydrogens is 348 g/mol. The highest BCUT2D eigenvalue weighted by atomic mass is 32.2. The van der Waals surface area contributed by atoms with E-state index in [0.29, 0.717) is 5.69 Å². The van der Waals surface area contributed by atoms with Crippen molar-refractivity contribution in [2.75, 3.05) is 17.3 Å². The van der Waals surface area contributed by atoms with Crippen molar-refractivity contribution in [3.63, 3.8) is 0 Å². The maximum Gasteiger partial charge on any atom is 0.295 e. The zero-order valence-corrected chi connectivity index (χ0v) is 14.8. The minimum absolute atomic E-state index is 0.271. The fourth-order valence-electron chi connectivity index (χ4n) is 2.96. The number of hydrogen-bond acceptors (Lipinski definition) is 5. The van der Waals surface area contributed by atoms with E-state index in [2.05, 4.69) is 5.32 Å². The molecule has 1 saturated heterocycles. The first kappa shape index (κ1) is 16.5. The number of ether oxygens (including phenoxy) is 1. The van der Waals surface area contributed by atoms with Crippen LogP contribution in [0.4, 0.5) is 16.2 Å². The Morgan fingerprint density at radius 3 is 2.46 bits per heavy atom. The third kappa shape index (κ3) is 2.88. The molecule has 2 amide bonds. The van der Waals surface area contributed by atoms with E-state index in [9.17, 15) is 9.59 Å². The van der Waals surface area contributed by atoms with Crippen molar-refractivity contribution in [3.8, 4) is 5.75 Å². The lowest BCUT2D eigenvalue weighted by molar-refractivity contribution is -0.116. The number of hydrogen-bond donors (Lipinski definition) is 1. The third-order valence-electron chi connectivity index (χ3n) is 4.24. The molecule has 0 radical (unpaired) electrons. The summed E-state index contributed by atoms with van der Waals surface area (Å²) >= 11 is 0.985. The Kier molecular flexibility index (Phi) is 4.26. The van der Waals surface area contributed by atoms with E-state index < -0.39 is 5.37 Å². The molecule has 1 aliphatic heterocycles. The van der Waals surface area contributed by atoms with Gasteiger partial charge in [-0.05, 0) is 47.5 Å². The van der Waals surface area contributed by atoms with Crippen molar-refractivity contribution in [1.29, 1.82) is 0 Å². The minimum atomic E-state index is -0.658. The molecule has 3 aromatic rings. The van der Waals surface area contributed by atoms with Gasteiger partial charge in [-0.25, -0.2) is 4.90 Å². The molecule has 130 valence electrons. The second-order valence-corrected chi connectivity index (χ2v) is 6.86. The van der Waals surface area contributed by atoms with Crippen LogP contribution in [0.2, 0.25) is 0 Å². The number of anilines is 2. The van der Waals surface area contributed by atoms with Gasteiger partial charge in [-0.15, -0.1) is 0 Å². The lowest BCUT2D eigenvalue weighted by Gasteiger charge is -2.17. The number of carbonyl (C=O) groups is 2. The molecule has 4 rings (SSSR count). The summed E-state index contributed by atoms with van der Waals surface area (Å²) in [6.07, 6.45) is 0. The van der Waals surface area contributed by atoms with E-state index in [0.717, 1.165) is 34.0 Å². The van der Waals surface area contributed by atoms with Crippen LogP contribution in [0.25, 0.3) is 10.8 Å². The predicted molar refractivity (Wildman–Crippen MR) is 105 cm³/mol. The number of rotatable bonds is 4. The molecular formula is C20H16N2O3S. The topological polar surface area (TPSA) is 58.6 Å². The van der Waals surface area contributed by atoms with Crippen molar-refractivity contribution in [2.24, 2.45) is 0 Å². The average molecular weight is 364 g/mol. The number of thioether (sulfide) groups is 1. The summed E-state index contributed by atoms with van der Waals surface area (Å²) in [5.41, 5.74) is 1.37. The molecule has 3 aromatic carbocycles. The first-order chi connectivity index (χ1) is 12.7. The van der Waals surface area contributed by atoms with Crippen LogP contribution in [0.1, 0.15) is 0 Å². The maximum atomic E-state index is 12.9. The number of benzene rings is 3. The third-order valence-corrected chi connectivity index (χ3v) is 5.18. The zero-order valence-electron chi connectivity index (χ0n) is 14.0. The Balaban J connectivity index is 1.62. The van der Waals surface area contributed by atoms with Gasteiger partial charge in [0.15, 0.2) is 5.37 Å². The lowest BCUT2D eigenvalue weighted by atomic mass is 10.1. The second-order valence-electron chi connectivity index (χ2n) is 5.81. The monoisotopic (exact) mass is 364 g/mol. The molecule has 1 unspecified atom stereocenters. The van der Waals surface area contributed by atoms with Crippen LogP contribution in [0.5, 0.6) is 5.75 Å². The predicted octanol–water partition coefficient (Wildman–Crippen LogP) is 4.49. The Morgan fingerprint density at radius 1 is 0.962 bits per heavy atom. The van der Waals surface area contributed by atoms with Crippen LogP contribution in [-0.4, -0.2) is 23.6 Å². The van der Waals surface area contributed by atoms with Crippen molar-refractivity contribution in [3.05, 3.63) is 66.7 Å². The summed E-state index contributed by atoms with van der Waals surface area (Å²) in [5, 5.41) is 4.04. The summed E-state index contributed by atoms with van der Waals surface area (Å²) in [4.78, 5) is 26.7. The summed E-state index contributed by atoms with van der Waals surface area (Å²) < 4.78 is 5.13. The molecule has 0 aromatic heterocycles. The average Bonchev–Trinajstić information content (AvgIpc) is 2.95. The molecule has 1 atom stereocenters. The molecule has 1 fully saturated rings. The van der Waals surface area contributed by atoms with Crippen LogP contribution >= 0.6 is 11.8 Å². The SMILES string of the molecule is COc1ccc(NC2SC(=O)N(c3cccc4ccccc34)C2=O)cc1. The smallest absolute Gasteiger partial charge is 0.295 e. The number of nitrogens with one attached hydrogen (secondary N) is 1. The van der Waals surface area contributed by atoms with Crippen LogP contribution in [-0.2, 0) is 4.79 Å². The molecule has 6 heteroatoms. The zero-order chi connectivity index (χ0) is 18.1. The van der Waals surface area contributed by atoms with Gasteiger partial charge >= 0.3 is 0 Å². The molecule has 1 heterocycles. The summed E-state index contributed by atoms with van der Waals surface area (Å²) in [6, 6.07) is 20.6. The van der Waals surface area contributed by atoms with Gasteiger partial charge in [-0.1, -0.05) is 36.4 Å². The first-order valence-electron chi connectivity index (χ1n) is 8.10. The molecule has 26 heavy (non-hydrogen) atoms. The normalized spacial score (nSPS) is 17.0. The van der Waals surface area contributed by atoms with Gasteiger partial charge < -0.3 is 10.1 Å². The molecule has 1 aliphatic rings. The number of methoxy groups -OCH3 is 1. The van der Waals surface area contributed by atoms with Gasteiger partial charge in [0.2, 0.25) is 0 Å². The number of carbonyl (C=O) groups excluding carboxylic acids is 2. The quantitative estimate of drug-likeness (QED) is 0.739. The fourth-order valence-corrected chi connectivity index (χ4v) is 3.86. The van der Waals surface area contributed by atoms with E-state index in [1.54, 1.807) is 25.3 Å². The van der Waals surface area contributed by atoms with Crippen LogP contribution in [0.15, 0.2) is 66.7 Å². The highest BCUT2D eigenvalue weighted by Crippen LogP contribution is 2.36. The van der Waals surface area contributed by atoms with Crippen LogP contribution in [0, 0.1) is 0 Å². The molecule has 5 nitrogen and oxygen atoms in total. The van der Waals surface area contributed by atoms with Gasteiger partial charge in [0.05, 0.1) is 12.8 Å². The molecule has 0 saturated carbocycles. The van der Waals surface area contributed by atoms with Crippen LogP contribution in [0.3, 0.4) is 0 Å². The summed E-state index contributed by atoms with van der Waals surface area (Å²) in [7, 11) is 1.60. The van der Waals surface area contributed by atoms with Gasteiger partial charge in [0.25, 0.3) is 11.1 Å². The van der Waals surface area contributed by atoms with E-state index >= 15 is 0 Å². The van der Waals surface area contributed by atoms with Crippen molar-refractivity contribution < 1.29 is 14.3 Å². The van der Waals surface area contributed by atoms with E-state index in [1.165, 1.54) is 4.90 Å². The van der Waals surface area contributed by atoms with Crippen molar-refractivity contribution in [2.45, 2.75) is 5.37 Å². The minimum Gasteiger partial charge on any atom is -0.497 e. The molecule has 1 N–H and O–H groups in total. The largest absolute Gasteiger partial charge is 0.497 e. The summed E-state index contributed by atoms with van der Waals surface area (Å²) in [6.45, 7) is 0. The lowest BCUT2D eigenvalue weighted by Crippen LogP contribution is -2.34. The Hall–Kier alpha value is -2.99. The Bertz CT molecular complexity index is 983. The Labute approximate surface area is 154 Å². The Morgan fingerprint density at radius 2 is 1.69 bits per heavy atom.